The van der Waals surface area contributed by atoms with Gasteiger partial charge in [0.15, 0.2) is 5.78 Å². The minimum Gasteiger partial charge on any atom is -0.496 e. The number of nitrogens with zero attached hydrogens (tertiary/aromatic N) is 2. The quantitative estimate of drug-likeness (QED) is 0.571. The summed E-state index contributed by atoms with van der Waals surface area (Å²) < 4.78 is 16.0. The third-order valence-corrected chi connectivity index (χ3v) is 4.36. The van der Waals surface area contributed by atoms with Crippen molar-refractivity contribution >= 4 is 17.6 Å². The van der Waals surface area contributed by atoms with E-state index in [1.807, 2.05) is 0 Å². The second-order valence-corrected chi connectivity index (χ2v) is 6.16. The van der Waals surface area contributed by atoms with Gasteiger partial charge in [0.1, 0.15) is 18.2 Å². The lowest BCUT2D eigenvalue weighted by atomic mass is 10.1. The van der Waals surface area contributed by atoms with Gasteiger partial charge >= 0.3 is 5.97 Å². The van der Waals surface area contributed by atoms with E-state index in [1.165, 1.54) is 20.2 Å². The van der Waals surface area contributed by atoms with Crippen molar-refractivity contribution in [2.24, 2.45) is 0 Å². The molecule has 0 unspecified atom stereocenters. The van der Waals surface area contributed by atoms with Crippen LogP contribution >= 0.6 is 0 Å². The average Bonchev–Trinajstić information content (AvgIpc) is 2.72. The molecule has 0 amide bonds. The highest BCUT2D eigenvalue weighted by Crippen LogP contribution is 2.22. The van der Waals surface area contributed by atoms with Gasteiger partial charge in [0.25, 0.3) is 0 Å². The number of carbonyl (C=O) groups is 2. The summed E-state index contributed by atoms with van der Waals surface area (Å²) in [6, 6.07) is 8.55. The van der Waals surface area contributed by atoms with Gasteiger partial charge in [0, 0.05) is 30.4 Å². The van der Waals surface area contributed by atoms with Crippen LogP contribution in [0.25, 0.3) is 0 Å². The molecule has 3 rings (SSSR count). The molecule has 2 aromatic rings. The Labute approximate surface area is 157 Å². The Morgan fingerprint density at radius 1 is 1.15 bits per heavy atom. The van der Waals surface area contributed by atoms with Gasteiger partial charge < -0.3 is 19.1 Å². The van der Waals surface area contributed by atoms with Crippen molar-refractivity contribution in [3.63, 3.8) is 0 Å². The molecule has 0 bridgehead atoms. The predicted octanol–water partition coefficient (Wildman–Crippen LogP) is 2.49. The van der Waals surface area contributed by atoms with Gasteiger partial charge in [-0.15, -0.1) is 0 Å². The van der Waals surface area contributed by atoms with Gasteiger partial charge in [-0.1, -0.05) is 0 Å². The van der Waals surface area contributed by atoms with Gasteiger partial charge in [0.2, 0.25) is 0 Å². The van der Waals surface area contributed by atoms with Crippen molar-refractivity contribution < 1.29 is 23.8 Å². The largest absolute Gasteiger partial charge is 0.496 e. The number of esters is 1. The molecular weight excluding hydrogens is 348 g/mol. The highest BCUT2D eigenvalue weighted by atomic mass is 16.5. The number of methoxy groups -OCH3 is 1. The van der Waals surface area contributed by atoms with E-state index in [0.717, 1.165) is 18.9 Å². The third kappa shape index (κ3) is 4.62. The number of hydrogen-bond donors (Lipinski definition) is 0. The molecular formula is C20H22N2O5. The van der Waals surface area contributed by atoms with Crippen molar-refractivity contribution in [2.75, 3.05) is 38.3 Å². The smallest absolute Gasteiger partial charge is 0.340 e. The number of carbonyl (C=O) groups excluding carboxylic acids is 2. The van der Waals surface area contributed by atoms with Crippen molar-refractivity contribution in [1.29, 1.82) is 0 Å². The highest BCUT2D eigenvalue weighted by Gasteiger charge is 2.15. The molecule has 1 aromatic carbocycles. The van der Waals surface area contributed by atoms with Crippen LogP contribution in [0, 0.1) is 0 Å². The fourth-order valence-corrected chi connectivity index (χ4v) is 2.82. The summed E-state index contributed by atoms with van der Waals surface area (Å²) in [4.78, 5) is 30.3. The molecule has 7 heteroatoms. The van der Waals surface area contributed by atoms with Crippen LogP contribution in [0.3, 0.4) is 0 Å². The van der Waals surface area contributed by atoms with E-state index in [0.29, 0.717) is 35.7 Å². The Kier molecular flexibility index (Phi) is 6.03. The van der Waals surface area contributed by atoms with E-state index in [9.17, 15) is 9.59 Å². The first kappa shape index (κ1) is 18.8. The van der Waals surface area contributed by atoms with Crippen LogP contribution in [0.5, 0.6) is 5.75 Å². The second kappa shape index (κ2) is 8.64. The van der Waals surface area contributed by atoms with E-state index >= 15 is 0 Å². The van der Waals surface area contributed by atoms with Gasteiger partial charge in [-0.3, -0.25) is 4.79 Å². The Balaban J connectivity index is 1.65. The highest BCUT2D eigenvalue weighted by molar-refractivity contribution is 5.94. The number of ether oxygens (including phenoxy) is 3. The van der Waals surface area contributed by atoms with Crippen LogP contribution in [-0.2, 0) is 16.1 Å². The molecule has 27 heavy (non-hydrogen) atoms. The zero-order valence-electron chi connectivity index (χ0n) is 15.4. The lowest BCUT2D eigenvalue weighted by Crippen LogP contribution is -2.36. The van der Waals surface area contributed by atoms with Crippen molar-refractivity contribution in [3.05, 3.63) is 53.2 Å². The Morgan fingerprint density at radius 2 is 1.89 bits per heavy atom. The van der Waals surface area contributed by atoms with Crippen molar-refractivity contribution in [1.82, 2.24) is 4.98 Å². The SMILES string of the molecule is COc1ccc(C(C)=O)cc1COC(=O)c1ccc(N2CCOCC2)nc1. The molecule has 0 radical (unpaired) electrons. The first-order chi connectivity index (χ1) is 13.1. The maximum absolute atomic E-state index is 12.3. The van der Waals surface area contributed by atoms with Gasteiger partial charge in [-0.2, -0.15) is 0 Å². The van der Waals surface area contributed by atoms with Crippen molar-refractivity contribution in [3.8, 4) is 5.75 Å². The normalized spacial score (nSPS) is 13.9. The summed E-state index contributed by atoms with van der Waals surface area (Å²) in [5.41, 5.74) is 1.54. The number of hydrogen-bond acceptors (Lipinski definition) is 7. The van der Waals surface area contributed by atoms with Gasteiger partial charge in [-0.25, -0.2) is 9.78 Å². The van der Waals surface area contributed by atoms with Crippen LogP contribution in [0.15, 0.2) is 36.5 Å². The number of anilines is 1. The Morgan fingerprint density at radius 3 is 2.52 bits per heavy atom. The number of benzene rings is 1. The first-order valence-electron chi connectivity index (χ1n) is 8.72. The molecule has 1 aliphatic heterocycles. The van der Waals surface area contributed by atoms with Crippen LogP contribution in [0.4, 0.5) is 5.82 Å². The third-order valence-electron chi connectivity index (χ3n) is 4.36. The number of aromatic nitrogens is 1. The zero-order chi connectivity index (χ0) is 19.2. The van der Waals surface area contributed by atoms with E-state index in [-0.39, 0.29) is 12.4 Å². The predicted molar refractivity (Wildman–Crippen MR) is 99.4 cm³/mol. The number of Topliss-reactive ketones (excluding diaryl/α,β-unsaturated/α-hetero) is 1. The van der Waals surface area contributed by atoms with Gasteiger partial charge in [-0.05, 0) is 37.3 Å². The summed E-state index contributed by atoms with van der Waals surface area (Å²) in [6.07, 6.45) is 1.51. The summed E-state index contributed by atoms with van der Waals surface area (Å²) in [5.74, 6) is 0.832. The summed E-state index contributed by atoms with van der Waals surface area (Å²) in [7, 11) is 1.53. The molecule has 0 N–H and O–H groups in total. The standard InChI is InChI=1S/C20H22N2O5/c1-14(23)15-3-5-18(25-2)17(11-15)13-27-20(24)16-4-6-19(21-12-16)22-7-9-26-10-8-22/h3-6,11-12H,7-10,13H2,1-2H3. The minimum absolute atomic E-state index is 0.00828. The maximum Gasteiger partial charge on any atom is 0.340 e. The zero-order valence-corrected chi connectivity index (χ0v) is 15.4. The molecule has 0 saturated carbocycles. The lowest BCUT2D eigenvalue weighted by molar-refractivity contribution is 0.0469. The molecule has 0 aliphatic carbocycles. The Hall–Kier alpha value is -2.93. The summed E-state index contributed by atoms with van der Waals surface area (Å²) >= 11 is 0. The second-order valence-electron chi connectivity index (χ2n) is 6.16. The maximum atomic E-state index is 12.3. The Bertz CT molecular complexity index is 814. The van der Waals surface area contributed by atoms with E-state index in [2.05, 4.69) is 9.88 Å². The van der Waals surface area contributed by atoms with Crippen LogP contribution in [0.2, 0.25) is 0 Å². The fourth-order valence-electron chi connectivity index (χ4n) is 2.82. The number of ketones is 1. The van der Waals surface area contributed by atoms with E-state index in [4.69, 9.17) is 14.2 Å². The average molecular weight is 370 g/mol. The van der Waals surface area contributed by atoms with Crippen LogP contribution in [-0.4, -0.2) is 50.1 Å². The molecule has 142 valence electrons. The van der Waals surface area contributed by atoms with E-state index < -0.39 is 5.97 Å². The number of rotatable bonds is 6. The lowest BCUT2D eigenvalue weighted by Gasteiger charge is -2.27. The molecule has 7 nitrogen and oxygen atoms in total. The summed E-state index contributed by atoms with van der Waals surface area (Å²) in [5, 5.41) is 0. The van der Waals surface area contributed by atoms with E-state index in [1.54, 1.807) is 30.3 Å². The number of pyridine rings is 1. The molecule has 1 saturated heterocycles. The van der Waals surface area contributed by atoms with Crippen molar-refractivity contribution in [2.45, 2.75) is 13.5 Å². The number of morpholine rings is 1. The summed E-state index contributed by atoms with van der Waals surface area (Å²) in [6.45, 7) is 4.40. The molecule has 1 aliphatic rings. The van der Waals surface area contributed by atoms with Crippen LogP contribution in [0.1, 0.15) is 33.2 Å². The molecule has 1 fully saturated rings. The minimum atomic E-state index is -0.480. The topological polar surface area (TPSA) is 78.0 Å². The monoisotopic (exact) mass is 370 g/mol. The molecule has 1 aromatic heterocycles. The molecule has 0 spiro atoms. The van der Waals surface area contributed by atoms with Gasteiger partial charge in [0.05, 0.1) is 25.9 Å². The molecule has 2 heterocycles. The first-order valence-corrected chi connectivity index (χ1v) is 8.72. The van der Waals surface area contributed by atoms with Crippen LogP contribution < -0.4 is 9.64 Å². The fraction of sp³-hybridized carbons (Fsp3) is 0.350. The molecule has 0 atom stereocenters.